The SMILES string of the molecule is COc1cc(/C=C/C(=O)NCCn2ccc3ccccc32)cc(Br)c1OC. The summed E-state index contributed by atoms with van der Waals surface area (Å²) in [7, 11) is 3.16. The van der Waals surface area contributed by atoms with Crippen LogP contribution in [0.5, 0.6) is 11.5 Å². The number of nitrogens with one attached hydrogen (secondary N) is 1. The van der Waals surface area contributed by atoms with E-state index < -0.39 is 0 Å². The number of aromatic nitrogens is 1. The molecule has 0 atom stereocenters. The van der Waals surface area contributed by atoms with E-state index in [1.54, 1.807) is 20.3 Å². The van der Waals surface area contributed by atoms with Crippen LogP contribution in [0, 0.1) is 0 Å². The minimum atomic E-state index is -0.141. The molecule has 3 aromatic rings. The van der Waals surface area contributed by atoms with Crippen molar-refractivity contribution in [1.29, 1.82) is 0 Å². The molecule has 0 aliphatic heterocycles. The highest BCUT2D eigenvalue weighted by Gasteiger charge is 2.09. The number of nitrogens with zero attached hydrogens (tertiary/aromatic N) is 1. The number of para-hydroxylation sites is 1. The van der Waals surface area contributed by atoms with E-state index in [1.807, 2.05) is 30.5 Å². The molecule has 0 spiro atoms. The molecule has 0 radical (unpaired) electrons. The lowest BCUT2D eigenvalue weighted by atomic mass is 10.2. The van der Waals surface area contributed by atoms with Crippen molar-refractivity contribution in [2.75, 3.05) is 20.8 Å². The maximum absolute atomic E-state index is 12.1. The van der Waals surface area contributed by atoms with Crippen molar-refractivity contribution in [3.63, 3.8) is 0 Å². The van der Waals surface area contributed by atoms with Gasteiger partial charge in [0.2, 0.25) is 5.91 Å². The Morgan fingerprint density at radius 2 is 2.00 bits per heavy atom. The van der Waals surface area contributed by atoms with E-state index in [2.05, 4.69) is 44.0 Å². The largest absolute Gasteiger partial charge is 0.493 e. The Morgan fingerprint density at radius 3 is 2.78 bits per heavy atom. The summed E-state index contributed by atoms with van der Waals surface area (Å²) in [5.41, 5.74) is 2.00. The number of methoxy groups -OCH3 is 2. The van der Waals surface area contributed by atoms with Gasteiger partial charge in [-0.25, -0.2) is 0 Å². The van der Waals surface area contributed by atoms with E-state index in [9.17, 15) is 4.79 Å². The lowest BCUT2D eigenvalue weighted by molar-refractivity contribution is -0.116. The number of halogens is 1. The van der Waals surface area contributed by atoms with Gasteiger partial charge < -0.3 is 19.4 Å². The molecule has 1 amide bonds. The zero-order chi connectivity index (χ0) is 19.2. The first kappa shape index (κ1) is 19.0. The van der Waals surface area contributed by atoms with Crippen LogP contribution in [0.3, 0.4) is 0 Å². The van der Waals surface area contributed by atoms with Crippen molar-refractivity contribution in [3.05, 3.63) is 64.8 Å². The molecular weight excluding hydrogens is 408 g/mol. The van der Waals surface area contributed by atoms with Crippen LogP contribution in [0.2, 0.25) is 0 Å². The number of benzene rings is 2. The normalized spacial score (nSPS) is 11.1. The standard InChI is InChI=1S/C21H21BrN2O3/c1-26-19-14-15(13-17(22)21(19)27-2)7-8-20(25)23-10-12-24-11-9-16-5-3-4-6-18(16)24/h3-9,11,13-14H,10,12H2,1-2H3,(H,23,25)/b8-7+. The van der Waals surface area contributed by atoms with Crippen LogP contribution in [0.4, 0.5) is 0 Å². The van der Waals surface area contributed by atoms with Gasteiger partial charge in [0.1, 0.15) is 0 Å². The van der Waals surface area contributed by atoms with Gasteiger partial charge in [-0.15, -0.1) is 0 Å². The van der Waals surface area contributed by atoms with Gasteiger partial charge in [0.05, 0.1) is 18.7 Å². The van der Waals surface area contributed by atoms with E-state index in [1.165, 1.54) is 11.5 Å². The first-order valence-electron chi connectivity index (χ1n) is 8.53. The smallest absolute Gasteiger partial charge is 0.244 e. The molecule has 1 aromatic heterocycles. The second-order valence-corrected chi connectivity index (χ2v) is 6.78. The molecule has 0 bridgehead atoms. The number of hydrogen-bond acceptors (Lipinski definition) is 3. The molecule has 0 saturated heterocycles. The van der Waals surface area contributed by atoms with Crippen LogP contribution in [0.15, 0.2) is 59.2 Å². The average Bonchev–Trinajstić information content (AvgIpc) is 3.09. The van der Waals surface area contributed by atoms with Crippen molar-refractivity contribution in [1.82, 2.24) is 9.88 Å². The molecule has 2 aromatic carbocycles. The number of ether oxygens (including phenoxy) is 2. The Morgan fingerprint density at radius 1 is 1.19 bits per heavy atom. The van der Waals surface area contributed by atoms with Gasteiger partial charge in [-0.3, -0.25) is 4.79 Å². The van der Waals surface area contributed by atoms with Gasteiger partial charge in [0.15, 0.2) is 11.5 Å². The Kier molecular flexibility index (Phi) is 6.19. The third kappa shape index (κ3) is 4.52. The maximum Gasteiger partial charge on any atom is 0.244 e. The molecule has 3 rings (SSSR count). The second-order valence-electron chi connectivity index (χ2n) is 5.93. The van der Waals surface area contributed by atoms with E-state index in [-0.39, 0.29) is 5.91 Å². The first-order valence-corrected chi connectivity index (χ1v) is 9.33. The maximum atomic E-state index is 12.1. The zero-order valence-electron chi connectivity index (χ0n) is 15.2. The first-order chi connectivity index (χ1) is 13.1. The summed E-state index contributed by atoms with van der Waals surface area (Å²) < 4.78 is 13.5. The molecule has 6 heteroatoms. The monoisotopic (exact) mass is 428 g/mol. The third-order valence-electron chi connectivity index (χ3n) is 4.22. The molecule has 0 aliphatic carbocycles. The van der Waals surface area contributed by atoms with Crippen LogP contribution < -0.4 is 14.8 Å². The molecule has 0 saturated carbocycles. The number of amides is 1. The van der Waals surface area contributed by atoms with Crippen LogP contribution >= 0.6 is 15.9 Å². The van der Waals surface area contributed by atoms with Gasteiger partial charge in [-0.2, -0.15) is 0 Å². The van der Waals surface area contributed by atoms with Crippen molar-refractivity contribution in [2.45, 2.75) is 6.54 Å². The minimum absolute atomic E-state index is 0.141. The predicted molar refractivity (Wildman–Crippen MR) is 111 cm³/mol. The lowest BCUT2D eigenvalue weighted by Gasteiger charge is -2.10. The molecular formula is C21H21BrN2O3. The van der Waals surface area contributed by atoms with Gasteiger partial charge in [-0.1, -0.05) is 18.2 Å². The number of hydrogen-bond donors (Lipinski definition) is 1. The summed E-state index contributed by atoms with van der Waals surface area (Å²) in [6.07, 6.45) is 5.29. The van der Waals surface area contributed by atoms with Crippen molar-refractivity contribution in [2.24, 2.45) is 0 Å². The Hall–Kier alpha value is -2.73. The molecule has 1 N–H and O–H groups in total. The van der Waals surface area contributed by atoms with Crippen molar-refractivity contribution in [3.8, 4) is 11.5 Å². The zero-order valence-corrected chi connectivity index (χ0v) is 16.8. The fourth-order valence-electron chi connectivity index (χ4n) is 2.90. The Labute approximate surface area is 166 Å². The molecule has 27 heavy (non-hydrogen) atoms. The molecule has 5 nitrogen and oxygen atoms in total. The highest BCUT2D eigenvalue weighted by molar-refractivity contribution is 9.10. The Balaban J connectivity index is 1.58. The third-order valence-corrected chi connectivity index (χ3v) is 4.80. The van der Waals surface area contributed by atoms with E-state index in [0.717, 1.165) is 22.1 Å². The topological polar surface area (TPSA) is 52.5 Å². The highest BCUT2D eigenvalue weighted by atomic mass is 79.9. The van der Waals surface area contributed by atoms with Gasteiger partial charge in [0, 0.05) is 30.9 Å². The van der Waals surface area contributed by atoms with Crippen LogP contribution in [-0.4, -0.2) is 31.2 Å². The fourth-order valence-corrected chi connectivity index (χ4v) is 3.52. The molecule has 0 aliphatic rings. The number of rotatable bonds is 7. The highest BCUT2D eigenvalue weighted by Crippen LogP contribution is 2.36. The van der Waals surface area contributed by atoms with Gasteiger partial charge in [0.25, 0.3) is 0 Å². The minimum Gasteiger partial charge on any atom is -0.493 e. The second kappa shape index (κ2) is 8.77. The molecule has 1 heterocycles. The van der Waals surface area contributed by atoms with E-state index in [4.69, 9.17) is 9.47 Å². The van der Waals surface area contributed by atoms with Crippen LogP contribution in [0.25, 0.3) is 17.0 Å². The van der Waals surface area contributed by atoms with Gasteiger partial charge in [-0.05, 0) is 57.2 Å². The number of carbonyl (C=O) groups is 1. The Bertz CT molecular complexity index is 979. The molecule has 0 fully saturated rings. The number of carbonyl (C=O) groups excluding carboxylic acids is 1. The summed E-state index contributed by atoms with van der Waals surface area (Å²) in [6.45, 7) is 1.27. The summed E-state index contributed by atoms with van der Waals surface area (Å²) in [5, 5.41) is 4.10. The summed E-state index contributed by atoms with van der Waals surface area (Å²) in [4.78, 5) is 12.1. The summed E-state index contributed by atoms with van der Waals surface area (Å²) in [5.74, 6) is 1.09. The van der Waals surface area contributed by atoms with E-state index >= 15 is 0 Å². The van der Waals surface area contributed by atoms with E-state index in [0.29, 0.717) is 18.0 Å². The van der Waals surface area contributed by atoms with Crippen LogP contribution in [-0.2, 0) is 11.3 Å². The van der Waals surface area contributed by atoms with Crippen LogP contribution in [0.1, 0.15) is 5.56 Å². The predicted octanol–water partition coefficient (Wildman–Crippen LogP) is 4.25. The average molecular weight is 429 g/mol. The quantitative estimate of drug-likeness (QED) is 0.572. The fraction of sp³-hybridized carbons (Fsp3) is 0.190. The number of fused-ring (bicyclic) bond motifs is 1. The summed E-state index contributed by atoms with van der Waals surface area (Å²) in [6, 6.07) is 14.0. The van der Waals surface area contributed by atoms with Crippen molar-refractivity contribution < 1.29 is 14.3 Å². The van der Waals surface area contributed by atoms with Crippen molar-refractivity contribution >= 4 is 38.8 Å². The van der Waals surface area contributed by atoms with Gasteiger partial charge >= 0.3 is 0 Å². The summed E-state index contributed by atoms with van der Waals surface area (Å²) >= 11 is 3.45. The molecule has 140 valence electrons. The molecule has 0 unspecified atom stereocenters. The lowest BCUT2D eigenvalue weighted by Crippen LogP contribution is -2.25.